The molecule has 76 valence electrons. The SMILES string of the molecule is CC(=O)CCS(=O)c1ccc(Cl)cc1. The minimum absolute atomic E-state index is 0.0623. The number of carbonyl (C=O) groups excluding carboxylic acids is 1. The molecule has 0 aliphatic rings. The molecule has 0 aromatic heterocycles. The Bertz CT molecular complexity index is 346. The molecule has 0 bridgehead atoms. The van der Waals surface area contributed by atoms with Gasteiger partial charge in [-0.25, -0.2) is 0 Å². The number of rotatable bonds is 4. The number of halogens is 1. The molecule has 1 aromatic rings. The normalized spacial score (nSPS) is 12.4. The first-order valence-electron chi connectivity index (χ1n) is 4.23. The summed E-state index contributed by atoms with van der Waals surface area (Å²) in [5.74, 6) is 0.448. The van der Waals surface area contributed by atoms with E-state index in [-0.39, 0.29) is 5.78 Å². The summed E-state index contributed by atoms with van der Waals surface area (Å²) in [5.41, 5.74) is 0. The van der Waals surface area contributed by atoms with Crippen LogP contribution in [-0.2, 0) is 15.6 Å². The molecule has 0 fully saturated rings. The second-order valence-electron chi connectivity index (χ2n) is 2.96. The standard InChI is InChI=1S/C10H11ClO2S/c1-8(12)6-7-14(13)10-4-2-9(11)3-5-10/h2-5H,6-7H2,1H3. The highest BCUT2D eigenvalue weighted by Gasteiger charge is 2.04. The lowest BCUT2D eigenvalue weighted by atomic mass is 10.4. The Morgan fingerprint density at radius 3 is 2.43 bits per heavy atom. The van der Waals surface area contributed by atoms with Crippen LogP contribution in [0.25, 0.3) is 0 Å². The molecule has 2 nitrogen and oxygen atoms in total. The van der Waals surface area contributed by atoms with E-state index >= 15 is 0 Å². The summed E-state index contributed by atoms with van der Waals surface area (Å²) in [5, 5.41) is 0.623. The summed E-state index contributed by atoms with van der Waals surface area (Å²) in [6.07, 6.45) is 0.356. The number of carbonyl (C=O) groups is 1. The average molecular weight is 231 g/mol. The lowest BCUT2D eigenvalue weighted by Crippen LogP contribution is -2.02. The van der Waals surface area contributed by atoms with Crippen LogP contribution in [0.2, 0.25) is 5.02 Å². The maximum absolute atomic E-state index is 11.6. The van der Waals surface area contributed by atoms with Crippen molar-refractivity contribution in [2.75, 3.05) is 5.75 Å². The number of ketones is 1. The van der Waals surface area contributed by atoms with E-state index < -0.39 is 10.8 Å². The summed E-state index contributed by atoms with van der Waals surface area (Å²) < 4.78 is 11.6. The van der Waals surface area contributed by atoms with Crippen molar-refractivity contribution in [3.05, 3.63) is 29.3 Å². The van der Waals surface area contributed by atoms with E-state index in [0.29, 0.717) is 17.2 Å². The molecule has 0 aliphatic heterocycles. The van der Waals surface area contributed by atoms with Crippen LogP contribution in [0, 0.1) is 0 Å². The van der Waals surface area contributed by atoms with Crippen molar-refractivity contribution in [3.63, 3.8) is 0 Å². The van der Waals surface area contributed by atoms with Crippen LogP contribution in [0.5, 0.6) is 0 Å². The Labute approximate surface area is 90.7 Å². The highest BCUT2D eigenvalue weighted by atomic mass is 35.5. The van der Waals surface area contributed by atoms with Gasteiger partial charge in [-0.15, -0.1) is 0 Å². The molecule has 0 saturated carbocycles. The van der Waals surface area contributed by atoms with Crippen LogP contribution in [0.4, 0.5) is 0 Å². The molecule has 4 heteroatoms. The lowest BCUT2D eigenvalue weighted by molar-refractivity contribution is -0.116. The van der Waals surface area contributed by atoms with Gasteiger partial charge in [-0.3, -0.25) is 9.00 Å². The summed E-state index contributed by atoms with van der Waals surface area (Å²) in [4.78, 5) is 11.4. The van der Waals surface area contributed by atoms with Crippen molar-refractivity contribution in [1.82, 2.24) is 0 Å². The Kier molecular flexibility index (Phi) is 4.29. The van der Waals surface area contributed by atoms with Crippen molar-refractivity contribution < 1.29 is 9.00 Å². The molecule has 1 atom stereocenters. The molecule has 0 radical (unpaired) electrons. The first-order chi connectivity index (χ1) is 6.59. The van der Waals surface area contributed by atoms with Gasteiger partial charge in [0.15, 0.2) is 0 Å². The zero-order valence-electron chi connectivity index (χ0n) is 7.83. The maximum Gasteiger partial charge on any atom is 0.130 e. The molecular formula is C10H11ClO2S. The van der Waals surface area contributed by atoms with Crippen molar-refractivity contribution in [2.24, 2.45) is 0 Å². The number of hydrogen-bond donors (Lipinski definition) is 0. The number of hydrogen-bond acceptors (Lipinski definition) is 2. The van der Waals surface area contributed by atoms with Crippen molar-refractivity contribution >= 4 is 28.2 Å². The van der Waals surface area contributed by atoms with Gasteiger partial charge in [0.25, 0.3) is 0 Å². The van der Waals surface area contributed by atoms with Gasteiger partial charge in [-0.05, 0) is 31.2 Å². The average Bonchev–Trinajstić information content (AvgIpc) is 2.15. The summed E-state index contributed by atoms with van der Waals surface area (Å²) in [6.45, 7) is 1.50. The molecule has 0 spiro atoms. The lowest BCUT2D eigenvalue weighted by Gasteiger charge is -2.00. The Morgan fingerprint density at radius 2 is 1.93 bits per heavy atom. The van der Waals surface area contributed by atoms with Gasteiger partial charge in [-0.2, -0.15) is 0 Å². The molecule has 1 unspecified atom stereocenters. The largest absolute Gasteiger partial charge is 0.300 e. The molecule has 1 rings (SSSR count). The maximum atomic E-state index is 11.6. The quantitative estimate of drug-likeness (QED) is 0.796. The van der Waals surface area contributed by atoms with E-state index in [2.05, 4.69) is 0 Å². The smallest absolute Gasteiger partial charge is 0.130 e. The summed E-state index contributed by atoms with van der Waals surface area (Å²) in [6, 6.07) is 6.84. The zero-order valence-corrected chi connectivity index (χ0v) is 9.40. The third-order valence-electron chi connectivity index (χ3n) is 1.72. The van der Waals surface area contributed by atoms with E-state index in [1.807, 2.05) is 0 Å². The van der Waals surface area contributed by atoms with Crippen molar-refractivity contribution in [1.29, 1.82) is 0 Å². The van der Waals surface area contributed by atoms with Gasteiger partial charge in [-0.1, -0.05) is 11.6 Å². The first kappa shape index (κ1) is 11.4. The molecule has 0 heterocycles. The Balaban J connectivity index is 2.61. The summed E-state index contributed by atoms with van der Waals surface area (Å²) >= 11 is 5.69. The molecular weight excluding hydrogens is 220 g/mol. The van der Waals surface area contributed by atoms with Crippen LogP contribution >= 0.6 is 11.6 Å². The van der Waals surface area contributed by atoms with E-state index in [9.17, 15) is 9.00 Å². The predicted molar refractivity (Wildman–Crippen MR) is 58.0 cm³/mol. The van der Waals surface area contributed by atoms with Crippen molar-refractivity contribution in [2.45, 2.75) is 18.2 Å². The molecule has 0 amide bonds. The highest BCUT2D eigenvalue weighted by Crippen LogP contribution is 2.13. The topological polar surface area (TPSA) is 34.1 Å². The molecule has 1 aromatic carbocycles. The predicted octanol–water partition coefficient (Wildman–Crippen LogP) is 2.43. The second kappa shape index (κ2) is 5.27. The van der Waals surface area contributed by atoms with E-state index in [1.165, 1.54) is 6.92 Å². The van der Waals surface area contributed by atoms with Gasteiger partial charge in [0.2, 0.25) is 0 Å². The van der Waals surface area contributed by atoms with Gasteiger partial charge < -0.3 is 0 Å². The molecule has 0 aliphatic carbocycles. The number of benzene rings is 1. The van der Waals surface area contributed by atoms with Crippen LogP contribution in [0.1, 0.15) is 13.3 Å². The monoisotopic (exact) mass is 230 g/mol. The van der Waals surface area contributed by atoms with Crippen molar-refractivity contribution in [3.8, 4) is 0 Å². The van der Waals surface area contributed by atoms with Gasteiger partial charge in [0.1, 0.15) is 5.78 Å². The minimum atomic E-state index is -1.09. The fraction of sp³-hybridized carbons (Fsp3) is 0.300. The molecule has 0 saturated heterocycles. The van der Waals surface area contributed by atoms with Gasteiger partial charge in [0, 0.05) is 22.1 Å². The molecule has 14 heavy (non-hydrogen) atoms. The first-order valence-corrected chi connectivity index (χ1v) is 5.92. The Hall–Kier alpha value is -0.670. The van der Waals surface area contributed by atoms with E-state index in [0.717, 1.165) is 4.90 Å². The second-order valence-corrected chi connectivity index (χ2v) is 4.96. The van der Waals surface area contributed by atoms with E-state index in [4.69, 9.17) is 11.6 Å². The van der Waals surface area contributed by atoms with Gasteiger partial charge >= 0.3 is 0 Å². The highest BCUT2D eigenvalue weighted by molar-refractivity contribution is 7.85. The van der Waals surface area contributed by atoms with Crippen LogP contribution in [-0.4, -0.2) is 15.7 Å². The third kappa shape index (κ3) is 3.60. The van der Waals surface area contributed by atoms with Crippen LogP contribution < -0.4 is 0 Å². The fourth-order valence-electron chi connectivity index (χ4n) is 0.941. The van der Waals surface area contributed by atoms with Crippen LogP contribution in [0.3, 0.4) is 0 Å². The fourth-order valence-corrected chi connectivity index (χ4v) is 2.21. The molecule has 0 N–H and O–H groups in total. The zero-order chi connectivity index (χ0) is 10.6. The number of Topliss-reactive ketones (excluding diaryl/α,β-unsaturated/α-hetero) is 1. The van der Waals surface area contributed by atoms with Gasteiger partial charge in [0.05, 0.1) is 10.8 Å². The minimum Gasteiger partial charge on any atom is -0.300 e. The third-order valence-corrected chi connectivity index (χ3v) is 3.34. The van der Waals surface area contributed by atoms with Crippen LogP contribution in [0.15, 0.2) is 29.2 Å². The summed E-state index contributed by atoms with van der Waals surface area (Å²) in [7, 11) is -1.09. The van der Waals surface area contributed by atoms with E-state index in [1.54, 1.807) is 24.3 Å². The Morgan fingerprint density at radius 1 is 1.36 bits per heavy atom.